The third-order valence-electron chi connectivity index (χ3n) is 4.96. The number of aromatic nitrogens is 1. The summed E-state index contributed by atoms with van der Waals surface area (Å²) >= 11 is 0. The summed E-state index contributed by atoms with van der Waals surface area (Å²) in [7, 11) is 1.65. The number of para-hydroxylation sites is 1. The fourth-order valence-electron chi connectivity index (χ4n) is 3.24. The Labute approximate surface area is 159 Å². The highest BCUT2D eigenvalue weighted by atomic mass is 16.2. The van der Waals surface area contributed by atoms with Crippen LogP contribution < -0.4 is 5.32 Å². The van der Waals surface area contributed by atoms with E-state index in [9.17, 15) is 9.59 Å². The quantitative estimate of drug-likeness (QED) is 0.718. The second-order valence-corrected chi connectivity index (χ2v) is 6.86. The summed E-state index contributed by atoms with van der Waals surface area (Å²) in [4.78, 5) is 29.9. The molecule has 27 heavy (non-hydrogen) atoms. The monoisotopic (exact) mass is 363 g/mol. The number of likely N-dealkylation sites (N-methyl/N-ethyl adjacent to an activating group) is 1. The van der Waals surface area contributed by atoms with Crippen LogP contribution in [-0.2, 0) is 11.2 Å². The van der Waals surface area contributed by atoms with Crippen LogP contribution in [-0.4, -0.2) is 35.3 Å². The molecule has 0 fully saturated rings. The van der Waals surface area contributed by atoms with Crippen LogP contribution in [0.1, 0.15) is 34.1 Å². The van der Waals surface area contributed by atoms with E-state index in [2.05, 4.69) is 10.3 Å². The first kappa shape index (κ1) is 18.7. The Morgan fingerprint density at radius 2 is 1.85 bits per heavy atom. The van der Waals surface area contributed by atoms with Gasteiger partial charge in [-0.25, -0.2) is 0 Å². The molecule has 0 aliphatic heterocycles. The maximum atomic E-state index is 12.8. The van der Waals surface area contributed by atoms with Gasteiger partial charge in [0.05, 0.1) is 6.54 Å². The van der Waals surface area contributed by atoms with Gasteiger partial charge in [-0.1, -0.05) is 25.1 Å². The fourth-order valence-corrected chi connectivity index (χ4v) is 3.24. The van der Waals surface area contributed by atoms with E-state index in [0.717, 1.165) is 39.8 Å². The zero-order valence-corrected chi connectivity index (χ0v) is 16.2. The van der Waals surface area contributed by atoms with Gasteiger partial charge in [0.25, 0.3) is 5.91 Å². The molecule has 1 aromatic heterocycles. The molecule has 2 amide bonds. The minimum absolute atomic E-state index is 0.0000654. The van der Waals surface area contributed by atoms with Gasteiger partial charge in [0, 0.05) is 34.9 Å². The Kier molecular flexibility index (Phi) is 5.31. The molecule has 2 N–H and O–H groups in total. The number of fused-ring (bicyclic) bond motifs is 1. The Balaban J connectivity index is 1.72. The molecule has 0 aliphatic rings. The molecule has 5 heteroatoms. The first-order valence-corrected chi connectivity index (χ1v) is 9.12. The van der Waals surface area contributed by atoms with Crippen molar-refractivity contribution in [3.8, 4) is 0 Å². The summed E-state index contributed by atoms with van der Waals surface area (Å²) in [6.07, 6.45) is 0.834. The smallest absolute Gasteiger partial charge is 0.254 e. The van der Waals surface area contributed by atoms with E-state index in [1.165, 1.54) is 4.90 Å². The average molecular weight is 363 g/mol. The number of benzene rings is 2. The molecule has 5 nitrogen and oxygen atoms in total. The third kappa shape index (κ3) is 3.87. The molecule has 2 aromatic carbocycles. The van der Waals surface area contributed by atoms with Crippen LogP contribution in [0.4, 0.5) is 5.69 Å². The van der Waals surface area contributed by atoms with E-state index in [4.69, 9.17) is 0 Å². The highest BCUT2D eigenvalue weighted by Crippen LogP contribution is 2.23. The summed E-state index contributed by atoms with van der Waals surface area (Å²) in [5.74, 6) is -0.379. The van der Waals surface area contributed by atoms with Crippen LogP contribution in [0.25, 0.3) is 10.9 Å². The minimum Gasteiger partial charge on any atom is -0.358 e. The number of carbonyl (C=O) groups is 2. The standard InChI is InChI=1S/C22H25N3O2/c1-5-16-8-6-7-9-19(16)24-21(26)13-25(4)22(27)17-10-11-20-18(12-17)14(2)15(3)23-20/h6-12,23H,5,13H2,1-4H3,(H,24,26). The topological polar surface area (TPSA) is 65.2 Å². The molecule has 0 radical (unpaired) electrons. The molecule has 0 unspecified atom stereocenters. The van der Waals surface area contributed by atoms with Crippen molar-refractivity contribution in [3.63, 3.8) is 0 Å². The van der Waals surface area contributed by atoms with Crippen LogP contribution in [0.2, 0.25) is 0 Å². The first-order valence-electron chi connectivity index (χ1n) is 9.12. The van der Waals surface area contributed by atoms with E-state index in [0.29, 0.717) is 5.56 Å². The van der Waals surface area contributed by atoms with Crippen LogP contribution in [0.15, 0.2) is 42.5 Å². The van der Waals surface area contributed by atoms with Crippen LogP contribution in [0.3, 0.4) is 0 Å². The zero-order chi connectivity index (χ0) is 19.6. The number of aromatic amines is 1. The maximum Gasteiger partial charge on any atom is 0.254 e. The van der Waals surface area contributed by atoms with E-state index < -0.39 is 0 Å². The predicted octanol–water partition coefficient (Wildman–Crippen LogP) is 4.06. The number of H-pyrrole nitrogens is 1. The summed E-state index contributed by atoms with van der Waals surface area (Å²) in [5, 5.41) is 3.94. The van der Waals surface area contributed by atoms with Gasteiger partial charge < -0.3 is 15.2 Å². The first-order chi connectivity index (χ1) is 12.9. The summed E-state index contributed by atoms with van der Waals surface area (Å²) < 4.78 is 0. The normalized spacial score (nSPS) is 10.8. The van der Waals surface area contributed by atoms with Crippen molar-refractivity contribution >= 4 is 28.4 Å². The second-order valence-electron chi connectivity index (χ2n) is 6.86. The number of nitrogens with zero attached hydrogens (tertiary/aromatic N) is 1. The van der Waals surface area contributed by atoms with Crippen molar-refractivity contribution in [2.24, 2.45) is 0 Å². The molecule has 0 atom stereocenters. The third-order valence-corrected chi connectivity index (χ3v) is 4.96. The van der Waals surface area contributed by atoms with Gasteiger partial charge in [0.2, 0.25) is 5.91 Å². The highest BCUT2D eigenvalue weighted by molar-refractivity contribution is 6.02. The minimum atomic E-state index is -0.207. The molecule has 0 bridgehead atoms. The molecule has 1 heterocycles. The molecule has 0 saturated carbocycles. The highest BCUT2D eigenvalue weighted by Gasteiger charge is 2.17. The molecular weight excluding hydrogens is 338 g/mol. The number of hydrogen-bond acceptors (Lipinski definition) is 2. The number of nitrogens with one attached hydrogen (secondary N) is 2. The van der Waals surface area contributed by atoms with E-state index >= 15 is 0 Å². The van der Waals surface area contributed by atoms with Gasteiger partial charge in [-0.3, -0.25) is 9.59 Å². The molecule has 0 spiro atoms. The Morgan fingerprint density at radius 3 is 2.59 bits per heavy atom. The summed E-state index contributed by atoms with van der Waals surface area (Å²) in [5.41, 5.74) is 5.69. The van der Waals surface area contributed by atoms with E-state index in [-0.39, 0.29) is 18.4 Å². The van der Waals surface area contributed by atoms with Gasteiger partial charge in [0.1, 0.15) is 0 Å². The Morgan fingerprint density at radius 1 is 1.11 bits per heavy atom. The second kappa shape index (κ2) is 7.66. The largest absolute Gasteiger partial charge is 0.358 e. The predicted molar refractivity (Wildman–Crippen MR) is 109 cm³/mol. The van der Waals surface area contributed by atoms with Crippen molar-refractivity contribution in [1.82, 2.24) is 9.88 Å². The van der Waals surface area contributed by atoms with Crippen molar-refractivity contribution in [3.05, 3.63) is 64.8 Å². The van der Waals surface area contributed by atoms with Gasteiger partial charge >= 0.3 is 0 Å². The molecular formula is C22H25N3O2. The van der Waals surface area contributed by atoms with Crippen LogP contribution >= 0.6 is 0 Å². The van der Waals surface area contributed by atoms with Gasteiger partial charge in [-0.15, -0.1) is 0 Å². The summed E-state index contributed by atoms with van der Waals surface area (Å²) in [6.45, 7) is 6.09. The Hall–Kier alpha value is -3.08. The number of carbonyl (C=O) groups excluding carboxylic acids is 2. The van der Waals surface area contributed by atoms with Crippen LogP contribution in [0.5, 0.6) is 0 Å². The summed E-state index contributed by atoms with van der Waals surface area (Å²) in [6, 6.07) is 13.3. The molecule has 0 saturated heterocycles. The number of rotatable bonds is 5. The van der Waals surface area contributed by atoms with Crippen molar-refractivity contribution in [2.75, 3.05) is 18.9 Å². The van der Waals surface area contributed by atoms with Crippen molar-refractivity contribution in [1.29, 1.82) is 0 Å². The van der Waals surface area contributed by atoms with E-state index in [1.807, 2.05) is 57.2 Å². The lowest BCUT2D eigenvalue weighted by Crippen LogP contribution is -2.35. The average Bonchev–Trinajstić information content (AvgIpc) is 2.95. The zero-order valence-electron chi connectivity index (χ0n) is 16.2. The SMILES string of the molecule is CCc1ccccc1NC(=O)CN(C)C(=O)c1ccc2[nH]c(C)c(C)c2c1. The molecule has 3 aromatic rings. The van der Waals surface area contributed by atoms with Crippen molar-refractivity contribution < 1.29 is 9.59 Å². The lowest BCUT2D eigenvalue weighted by Gasteiger charge is -2.18. The van der Waals surface area contributed by atoms with Gasteiger partial charge in [-0.2, -0.15) is 0 Å². The molecule has 3 rings (SSSR count). The number of anilines is 1. The fraction of sp³-hybridized carbons (Fsp3) is 0.273. The van der Waals surface area contributed by atoms with Gasteiger partial charge in [-0.05, 0) is 55.7 Å². The molecule has 0 aliphatic carbocycles. The Bertz CT molecular complexity index is 1000. The lowest BCUT2D eigenvalue weighted by atomic mass is 10.1. The maximum absolute atomic E-state index is 12.8. The number of hydrogen-bond donors (Lipinski definition) is 2. The van der Waals surface area contributed by atoms with E-state index in [1.54, 1.807) is 13.1 Å². The number of amides is 2. The number of aryl methyl sites for hydroxylation is 3. The van der Waals surface area contributed by atoms with Gasteiger partial charge in [0.15, 0.2) is 0 Å². The molecule has 140 valence electrons. The van der Waals surface area contributed by atoms with Crippen molar-refractivity contribution in [2.45, 2.75) is 27.2 Å². The lowest BCUT2D eigenvalue weighted by molar-refractivity contribution is -0.116. The van der Waals surface area contributed by atoms with Crippen LogP contribution in [0, 0.1) is 13.8 Å².